The lowest BCUT2D eigenvalue weighted by Gasteiger charge is -1.91. The van der Waals surface area contributed by atoms with E-state index in [1.54, 1.807) is 0 Å². The first-order chi connectivity index (χ1) is 3.63. The lowest BCUT2D eigenvalue weighted by Crippen LogP contribution is -2.11. The van der Waals surface area contributed by atoms with Crippen LogP contribution in [0.15, 0.2) is 0 Å². The molecule has 0 aliphatic heterocycles. The highest BCUT2D eigenvalue weighted by molar-refractivity contribution is 5.73. The van der Waals surface area contributed by atoms with Crippen molar-refractivity contribution in [3.8, 4) is 0 Å². The molecule has 0 fully saturated rings. The Bertz CT molecular complexity index is 84.1. The number of halogens is 2. The number of primary amides is 1. The number of hydrogen-bond acceptors (Lipinski definition) is 1. The fourth-order valence-corrected chi connectivity index (χ4v) is 0.251. The second-order valence-corrected chi connectivity index (χ2v) is 1.40. The topological polar surface area (TPSA) is 43.1 Å². The monoisotopic (exact) mass is 123 g/mol. The fraction of sp³-hybridized carbons (Fsp3) is 0.750. The van der Waals surface area contributed by atoms with Crippen LogP contribution in [0.4, 0.5) is 8.78 Å². The standard InChI is InChI=1S/C4H7F2NO/c5-3(6)1-2-4(7)8/h3H,1-2H2,(H2,7,8). The van der Waals surface area contributed by atoms with Gasteiger partial charge in [-0.15, -0.1) is 0 Å². The minimum atomic E-state index is -2.41. The van der Waals surface area contributed by atoms with Crippen LogP contribution in [-0.4, -0.2) is 12.3 Å². The minimum absolute atomic E-state index is 0.225. The molecule has 0 heterocycles. The van der Waals surface area contributed by atoms with Crippen LogP contribution >= 0.6 is 0 Å². The highest BCUT2D eigenvalue weighted by atomic mass is 19.3. The average molecular weight is 123 g/mol. The third kappa shape index (κ3) is 5.33. The van der Waals surface area contributed by atoms with Gasteiger partial charge >= 0.3 is 0 Å². The Morgan fingerprint density at radius 2 is 2.12 bits per heavy atom. The van der Waals surface area contributed by atoms with Crippen molar-refractivity contribution < 1.29 is 13.6 Å². The largest absolute Gasteiger partial charge is 0.370 e. The van der Waals surface area contributed by atoms with Gasteiger partial charge in [0.1, 0.15) is 0 Å². The first kappa shape index (κ1) is 7.33. The van der Waals surface area contributed by atoms with Crippen LogP contribution in [0.1, 0.15) is 12.8 Å². The molecule has 0 aliphatic rings. The summed E-state index contributed by atoms with van der Waals surface area (Å²) >= 11 is 0. The van der Waals surface area contributed by atoms with Crippen LogP contribution in [0.5, 0.6) is 0 Å². The van der Waals surface area contributed by atoms with Gasteiger partial charge in [-0.2, -0.15) is 0 Å². The molecule has 8 heavy (non-hydrogen) atoms. The Balaban J connectivity index is 3.05. The number of hydrogen-bond donors (Lipinski definition) is 1. The molecule has 2 N–H and O–H groups in total. The molecule has 0 aromatic heterocycles. The van der Waals surface area contributed by atoms with Gasteiger partial charge in [-0.25, -0.2) is 8.78 Å². The number of carbonyl (C=O) groups excluding carboxylic acids is 1. The van der Waals surface area contributed by atoms with E-state index >= 15 is 0 Å². The second kappa shape index (κ2) is 3.35. The minimum Gasteiger partial charge on any atom is -0.370 e. The molecule has 48 valence electrons. The highest BCUT2D eigenvalue weighted by Crippen LogP contribution is 2.00. The normalized spacial score (nSPS) is 9.88. The van der Waals surface area contributed by atoms with Crippen LogP contribution in [0, 0.1) is 0 Å². The fourth-order valence-electron chi connectivity index (χ4n) is 0.251. The number of amides is 1. The zero-order chi connectivity index (χ0) is 6.57. The number of rotatable bonds is 3. The summed E-state index contributed by atoms with van der Waals surface area (Å²) in [7, 11) is 0. The molecule has 0 rings (SSSR count). The van der Waals surface area contributed by atoms with E-state index in [9.17, 15) is 13.6 Å². The van der Waals surface area contributed by atoms with Gasteiger partial charge in [0.2, 0.25) is 12.3 Å². The number of carbonyl (C=O) groups is 1. The zero-order valence-corrected chi connectivity index (χ0v) is 4.23. The molecule has 0 bridgehead atoms. The lowest BCUT2D eigenvalue weighted by molar-refractivity contribution is -0.118. The Hall–Kier alpha value is -0.670. The van der Waals surface area contributed by atoms with E-state index in [-0.39, 0.29) is 6.42 Å². The van der Waals surface area contributed by atoms with Gasteiger partial charge < -0.3 is 5.73 Å². The molecule has 0 atom stereocenters. The van der Waals surface area contributed by atoms with Gasteiger partial charge in [-0.3, -0.25) is 4.79 Å². The Morgan fingerprint density at radius 3 is 2.25 bits per heavy atom. The number of alkyl halides is 2. The van der Waals surface area contributed by atoms with Gasteiger partial charge in [-0.05, 0) is 0 Å². The van der Waals surface area contributed by atoms with Gasteiger partial charge in [0, 0.05) is 12.8 Å². The molecule has 0 saturated carbocycles. The second-order valence-electron chi connectivity index (χ2n) is 1.40. The van der Waals surface area contributed by atoms with Crippen molar-refractivity contribution >= 4 is 5.91 Å². The molecule has 0 spiro atoms. The van der Waals surface area contributed by atoms with Crippen LogP contribution < -0.4 is 5.73 Å². The van der Waals surface area contributed by atoms with Crippen molar-refractivity contribution in [1.82, 2.24) is 0 Å². The SMILES string of the molecule is NC(=O)CCC(F)F. The third-order valence-corrected chi connectivity index (χ3v) is 0.609. The first-order valence-corrected chi connectivity index (χ1v) is 2.19. The summed E-state index contributed by atoms with van der Waals surface area (Å²) in [6.07, 6.45) is -3.06. The summed E-state index contributed by atoms with van der Waals surface area (Å²) < 4.78 is 22.4. The molecule has 0 aromatic carbocycles. The third-order valence-electron chi connectivity index (χ3n) is 0.609. The Labute approximate surface area is 45.7 Å². The molecule has 1 amide bonds. The maximum atomic E-state index is 11.2. The summed E-state index contributed by atoms with van der Waals surface area (Å²) in [6, 6.07) is 0. The van der Waals surface area contributed by atoms with E-state index < -0.39 is 18.8 Å². The summed E-state index contributed by atoms with van der Waals surface area (Å²) in [5.41, 5.74) is 4.57. The van der Waals surface area contributed by atoms with Crippen LogP contribution in [0.2, 0.25) is 0 Å². The van der Waals surface area contributed by atoms with E-state index in [1.165, 1.54) is 0 Å². The number of nitrogens with two attached hydrogens (primary N) is 1. The molecule has 0 saturated heterocycles. The zero-order valence-electron chi connectivity index (χ0n) is 4.23. The molecule has 0 radical (unpaired) electrons. The molecule has 4 heteroatoms. The Kier molecular flexibility index (Phi) is 3.07. The summed E-state index contributed by atoms with van der Waals surface area (Å²) in [5, 5.41) is 0. The molecule has 0 unspecified atom stereocenters. The van der Waals surface area contributed by atoms with E-state index in [1.807, 2.05) is 0 Å². The molecule has 0 aliphatic carbocycles. The van der Waals surface area contributed by atoms with Gasteiger partial charge in [0.05, 0.1) is 0 Å². The van der Waals surface area contributed by atoms with Crippen LogP contribution in [0.25, 0.3) is 0 Å². The van der Waals surface area contributed by atoms with Crippen molar-refractivity contribution in [1.29, 1.82) is 0 Å². The van der Waals surface area contributed by atoms with E-state index in [2.05, 4.69) is 5.73 Å². The van der Waals surface area contributed by atoms with Crippen molar-refractivity contribution in [2.75, 3.05) is 0 Å². The Morgan fingerprint density at radius 1 is 1.62 bits per heavy atom. The average Bonchev–Trinajstić information content (AvgIpc) is 1.61. The van der Waals surface area contributed by atoms with Crippen molar-refractivity contribution in [2.24, 2.45) is 5.73 Å². The lowest BCUT2D eigenvalue weighted by atomic mass is 10.3. The smallest absolute Gasteiger partial charge is 0.239 e. The highest BCUT2D eigenvalue weighted by Gasteiger charge is 2.03. The summed E-state index contributed by atoms with van der Waals surface area (Å²) in [4.78, 5) is 9.79. The van der Waals surface area contributed by atoms with Crippen molar-refractivity contribution in [3.05, 3.63) is 0 Å². The quantitative estimate of drug-likeness (QED) is 0.584. The molecular weight excluding hydrogens is 116 g/mol. The maximum Gasteiger partial charge on any atom is 0.239 e. The van der Waals surface area contributed by atoms with Crippen molar-refractivity contribution in [3.63, 3.8) is 0 Å². The van der Waals surface area contributed by atoms with Crippen LogP contribution in [-0.2, 0) is 4.79 Å². The predicted molar refractivity (Wildman–Crippen MR) is 24.4 cm³/mol. The van der Waals surface area contributed by atoms with Crippen molar-refractivity contribution in [2.45, 2.75) is 19.3 Å². The predicted octanol–water partition coefficient (Wildman–Crippen LogP) is 0.517. The van der Waals surface area contributed by atoms with Gasteiger partial charge in [0.25, 0.3) is 0 Å². The maximum absolute atomic E-state index is 11.2. The van der Waals surface area contributed by atoms with E-state index in [0.717, 1.165) is 0 Å². The summed E-state index contributed by atoms with van der Waals surface area (Å²) in [6.45, 7) is 0. The van der Waals surface area contributed by atoms with Gasteiger partial charge in [0.15, 0.2) is 0 Å². The first-order valence-electron chi connectivity index (χ1n) is 2.19. The molecular formula is C4H7F2NO. The van der Waals surface area contributed by atoms with Gasteiger partial charge in [-0.1, -0.05) is 0 Å². The van der Waals surface area contributed by atoms with E-state index in [4.69, 9.17) is 0 Å². The molecule has 2 nitrogen and oxygen atoms in total. The molecule has 0 aromatic rings. The van der Waals surface area contributed by atoms with E-state index in [0.29, 0.717) is 0 Å². The van der Waals surface area contributed by atoms with Crippen LogP contribution in [0.3, 0.4) is 0 Å². The summed E-state index contributed by atoms with van der Waals surface area (Å²) in [5.74, 6) is -0.676.